The number of hydrogen-bond donors (Lipinski definition) is 1. The highest BCUT2D eigenvalue weighted by Crippen LogP contribution is 2.37. The van der Waals surface area contributed by atoms with Crippen LogP contribution in [0, 0.1) is 0 Å². The van der Waals surface area contributed by atoms with Crippen molar-refractivity contribution in [2.75, 3.05) is 38.7 Å². The smallest absolute Gasteiger partial charge is 0.387 e. The van der Waals surface area contributed by atoms with E-state index in [1.54, 1.807) is 7.11 Å². The van der Waals surface area contributed by atoms with Gasteiger partial charge in [0.15, 0.2) is 0 Å². The zero-order chi connectivity index (χ0) is 18.6. The molecule has 1 amide bonds. The Kier molecular flexibility index (Phi) is 6.05. The average molecular weight is 370 g/mol. The number of carbonyl (C=O) groups is 1. The minimum absolute atomic E-state index is 0.0441. The van der Waals surface area contributed by atoms with Gasteiger partial charge >= 0.3 is 6.61 Å². The van der Waals surface area contributed by atoms with Crippen LogP contribution in [0.2, 0.25) is 0 Å². The van der Waals surface area contributed by atoms with Crippen LogP contribution in [0.4, 0.5) is 14.5 Å². The lowest BCUT2D eigenvalue weighted by atomic mass is 9.86. The average Bonchev–Trinajstić information content (AvgIpc) is 3.07. The van der Waals surface area contributed by atoms with Crippen molar-refractivity contribution < 1.29 is 27.8 Å². The van der Waals surface area contributed by atoms with Crippen molar-refractivity contribution in [2.24, 2.45) is 0 Å². The fraction of sp³-hybridized carbons (Fsp3) is 0.611. The Hall–Kier alpha value is -1.77. The molecular weight excluding hydrogens is 346 g/mol. The maximum absolute atomic E-state index is 12.3. The van der Waals surface area contributed by atoms with Gasteiger partial charge in [-0.05, 0) is 43.5 Å². The zero-order valence-electron chi connectivity index (χ0n) is 14.7. The third kappa shape index (κ3) is 4.49. The van der Waals surface area contributed by atoms with Crippen molar-refractivity contribution in [3.8, 4) is 5.75 Å². The van der Waals surface area contributed by atoms with Crippen molar-refractivity contribution in [2.45, 2.75) is 37.6 Å². The molecule has 1 aromatic carbocycles. The SMILES string of the molecule is CO[C@H]1CN(CC(=O)Nc2ccc(OC(F)F)cc2)CC[C@@]12CCCO2. The van der Waals surface area contributed by atoms with Gasteiger partial charge in [-0.1, -0.05) is 0 Å². The topological polar surface area (TPSA) is 60.0 Å². The van der Waals surface area contributed by atoms with Gasteiger partial charge in [0, 0.05) is 32.5 Å². The molecule has 1 spiro atoms. The number of methoxy groups -OCH3 is 1. The maximum Gasteiger partial charge on any atom is 0.387 e. The van der Waals surface area contributed by atoms with Gasteiger partial charge in [0.2, 0.25) is 5.91 Å². The van der Waals surface area contributed by atoms with Crippen molar-refractivity contribution in [1.82, 2.24) is 4.90 Å². The molecule has 0 aliphatic carbocycles. The van der Waals surface area contributed by atoms with Gasteiger partial charge in [-0.25, -0.2) is 0 Å². The van der Waals surface area contributed by atoms with E-state index >= 15 is 0 Å². The van der Waals surface area contributed by atoms with Crippen LogP contribution in [0.25, 0.3) is 0 Å². The van der Waals surface area contributed by atoms with Crippen LogP contribution in [-0.2, 0) is 14.3 Å². The van der Waals surface area contributed by atoms with Crippen molar-refractivity contribution >= 4 is 11.6 Å². The largest absolute Gasteiger partial charge is 0.435 e. The Labute approximate surface area is 151 Å². The molecule has 2 aliphatic rings. The third-order valence-electron chi connectivity index (χ3n) is 5.01. The Balaban J connectivity index is 1.50. The number of likely N-dealkylation sites (tertiary alicyclic amines) is 1. The van der Waals surface area contributed by atoms with Crippen LogP contribution in [0.3, 0.4) is 0 Å². The minimum atomic E-state index is -2.87. The lowest BCUT2D eigenvalue weighted by molar-refractivity contribution is -0.145. The number of halogens is 2. The molecule has 8 heteroatoms. The number of nitrogens with one attached hydrogen (secondary N) is 1. The molecule has 2 atom stereocenters. The van der Waals surface area contributed by atoms with E-state index in [0.717, 1.165) is 32.4 Å². The van der Waals surface area contributed by atoms with Crippen LogP contribution in [0.5, 0.6) is 5.75 Å². The Morgan fingerprint density at radius 1 is 1.38 bits per heavy atom. The highest BCUT2D eigenvalue weighted by atomic mass is 19.3. The zero-order valence-corrected chi connectivity index (χ0v) is 14.7. The molecule has 2 fully saturated rings. The van der Waals surface area contributed by atoms with Gasteiger partial charge in [-0.3, -0.25) is 9.69 Å². The Bertz CT molecular complexity index is 606. The summed E-state index contributed by atoms with van der Waals surface area (Å²) in [5.74, 6) is -0.107. The molecule has 2 aliphatic heterocycles. The number of amides is 1. The number of rotatable bonds is 6. The van der Waals surface area contributed by atoms with Gasteiger partial charge in [-0.15, -0.1) is 0 Å². The number of nitrogens with zero attached hydrogens (tertiary/aromatic N) is 1. The summed E-state index contributed by atoms with van der Waals surface area (Å²) >= 11 is 0. The first-order chi connectivity index (χ1) is 12.5. The van der Waals surface area contributed by atoms with E-state index in [1.807, 2.05) is 4.90 Å². The monoisotopic (exact) mass is 370 g/mol. The molecule has 0 unspecified atom stereocenters. The molecule has 6 nitrogen and oxygen atoms in total. The summed E-state index contributed by atoms with van der Waals surface area (Å²) in [6.07, 6.45) is 2.85. The predicted octanol–water partition coefficient (Wildman–Crippen LogP) is 2.50. The lowest BCUT2D eigenvalue weighted by Crippen LogP contribution is -2.57. The van der Waals surface area contributed by atoms with Crippen LogP contribution >= 0.6 is 0 Å². The van der Waals surface area contributed by atoms with Crippen LogP contribution < -0.4 is 10.1 Å². The number of piperidine rings is 1. The summed E-state index contributed by atoms with van der Waals surface area (Å²) in [6, 6.07) is 5.85. The summed E-state index contributed by atoms with van der Waals surface area (Å²) in [5, 5.41) is 2.77. The van der Waals surface area contributed by atoms with E-state index in [0.29, 0.717) is 12.2 Å². The Morgan fingerprint density at radius 3 is 2.77 bits per heavy atom. The van der Waals surface area contributed by atoms with Crippen LogP contribution in [0.1, 0.15) is 19.3 Å². The summed E-state index contributed by atoms with van der Waals surface area (Å²) < 4.78 is 40.2. The summed E-state index contributed by atoms with van der Waals surface area (Å²) in [4.78, 5) is 14.3. The molecule has 0 saturated carbocycles. The van der Waals surface area contributed by atoms with Crippen LogP contribution in [0.15, 0.2) is 24.3 Å². The number of benzene rings is 1. The second kappa shape index (κ2) is 8.28. The van der Waals surface area contributed by atoms with Crippen molar-refractivity contribution in [3.05, 3.63) is 24.3 Å². The number of ether oxygens (including phenoxy) is 3. The Morgan fingerprint density at radius 2 is 2.15 bits per heavy atom. The first-order valence-corrected chi connectivity index (χ1v) is 8.74. The highest BCUT2D eigenvalue weighted by Gasteiger charge is 2.46. The van der Waals surface area contributed by atoms with Crippen molar-refractivity contribution in [3.63, 3.8) is 0 Å². The summed E-state index contributed by atoms with van der Waals surface area (Å²) in [5.41, 5.74) is 0.329. The minimum Gasteiger partial charge on any atom is -0.435 e. The third-order valence-corrected chi connectivity index (χ3v) is 5.01. The lowest BCUT2D eigenvalue weighted by Gasteiger charge is -2.44. The predicted molar refractivity (Wildman–Crippen MR) is 91.5 cm³/mol. The fourth-order valence-corrected chi connectivity index (χ4v) is 3.73. The number of alkyl halides is 2. The molecule has 0 radical (unpaired) electrons. The standard InChI is InChI=1S/C18H24F2N2O4/c1-24-15-11-22(9-8-18(15)7-2-10-25-18)12-16(23)21-13-3-5-14(6-4-13)26-17(19)20/h3-6,15,17H,2,7-12H2,1H3,(H,21,23)/t15-,18-/m0/s1. The first-order valence-electron chi connectivity index (χ1n) is 8.74. The van der Waals surface area contributed by atoms with E-state index in [9.17, 15) is 13.6 Å². The van der Waals surface area contributed by atoms with Crippen LogP contribution in [-0.4, -0.2) is 62.5 Å². The molecule has 1 N–H and O–H groups in total. The molecule has 1 aromatic rings. The highest BCUT2D eigenvalue weighted by molar-refractivity contribution is 5.92. The molecule has 2 saturated heterocycles. The number of hydrogen-bond acceptors (Lipinski definition) is 5. The van der Waals surface area contributed by atoms with Gasteiger partial charge in [-0.2, -0.15) is 8.78 Å². The van der Waals surface area contributed by atoms with E-state index < -0.39 is 6.61 Å². The van der Waals surface area contributed by atoms with Gasteiger partial charge in [0.25, 0.3) is 0 Å². The number of carbonyl (C=O) groups excluding carboxylic acids is 1. The molecule has 0 bridgehead atoms. The molecule has 26 heavy (non-hydrogen) atoms. The molecular formula is C18H24F2N2O4. The second-order valence-electron chi connectivity index (χ2n) is 6.68. The van der Waals surface area contributed by atoms with E-state index in [4.69, 9.17) is 9.47 Å². The molecule has 3 rings (SSSR count). The quantitative estimate of drug-likeness (QED) is 0.834. The number of anilines is 1. The molecule has 2 heterocycles. The second-order valence-corrected chi connectivity index (χ2v) is 6.68. The fourth-order valence-electron chi connectivity index (χ4n) is 3.73. The maximum atomic E-state index is 12.3. The molecule has 0 aromatic heterocycles. The van der Waals surface area contributed by atoms with E-state index in [-0.39, 0.29) is 29.9 Å². The molecule has 144 valence electrons. The van der Waals surface area contributed by atoms with Gasteiger partial charge in [0.1, 0.15) is 5.75 Å². The normalized spacial score (nSPS) is 26.4. The summed E-state index contributed by atoms with van der Waals surface area (Å²) in [6.45, 7) is -0.438. The van der Waals surface area contributed by atoms with Gasteiger partial charge in [0.05, 0.1) is 18.2 Å². The first kappa shape index (κ1) is 19.0. The summed E-state index contributed by atoms with van der Waals surface area (Å²) in [7, 11) is 1.68. The van der Waals surface area contributed by atoms with E-state index in [2.05, 4.69) is 10.1 Å². The van der Waals surface area contributed by atoms with Gasteiger partial charge < -0.3 is 19.5 Å². The van der Waals surface area contributed by atoms with E-state index in [1.165, 1.54) is 24.3 Å². The van der Waals surface area contributed by atoms with Crippen molar-refractivity contribution in [1.29, 1.82) is 0 Å².